The molecule has 3 aliphatic rings. The highest BCUT2D eigenvalue weighted by Gasteiger charge is 2.46. The summed E-state index contributed by atoms with van der Waals surface area (Å²) in [6, 6.07) is 4.19. The maximum absolute atomic E-state index is 13.8. The SMILES string of the molecule is N[C@@H]1c2cc(F)c(F)cc2CC12CCN(c1nc3ncc(Sc4ccnc(CC5CC5)c4Cl)nc3[nH]1)CC2. The lowest BCUT2D eigenvalue weighted by atomic mass is 9.73. The third-order valence-corrected chi connectivity index (χ3v) is 9.77. The van der Waals surface area contributed by atoms with Gasteiger partial charge in [0.15, 0.2) is 22.9 Å². The molecule has 0 unspecified atom stereocenters. The molecule has 1 saturated heterocycles. The van der Waals surface area contributed by atoms with Crippen molar-refractivity contribution in [3.8, 4) is 0 Å². The molecule has 0 bridgehead atoms. The van der Waals surface area contributed by atoms with Crippen molar-refractivity contribution < 1.29 is 8.78 Å². The summed E-state index contributed by atoms with van der Waals surface area (Å²) in [5, 5.41) is 1.42. The van der Waals surface area contributed by atoms with Crippen molar-refractivity contribution in [2.45, 2.75) is 54.5 Å². The first-order chi connectivity index (χ1) is 18.4. The van der Waals surface area contributed by atoms with Crippen LogP contribution in [0.5, 0.6) is 0 Å². The highest BCUT2D eigenvalue weighted by atomic mass is 35.5. The topological polar surface area (TPSA) is 96.6 Å². The van der Waals surface area contributed by atoms with E-state index in [4.69, 9.17) is 22.3 Å². The third kappa shape index (κ3) is 4.23. The van der Waals surface area contributed by atoms with Gasteiger partial charge in [-0.15, -0.1) is 0 Å². The molecule has 1 saturated carbocycles. The molecule has 1 spiro atoms. The number of benzene rings is 1. The summed E-state index contributed by atoms with van der Waals surface area (Å²) in [5.74, 6) is -0.226. The van der Waals surface area contributed by atoms with E-state index in [0.717, 1.165) is 59.1 Å². The Morgan fingerprint density at radius 2 is 1.92 bits per heavy atom. The minimum atomic E-state index is -0.835. The van der Waals surface area contributed by atoms with Crippen LogP contribution in [0.4, 0.5) is 14.7 Å². The van der Waals surface area contributed by atoms with Crippen molar-refractivity contribution in [3.63, 3.8) is 0 Å². The molecule has 3 aromatic heterocycles. The van der Waals surface area contributed by atoms with Gasteiger partial charge < -0.3 is 15.6 Å². The van der Waals surface area contributed by atoms with Gasteiger partial charge in [-0.25, -0.2) is 18.7 Å². The fourth-order valence-corrected chi connectivity index (χ4v) is 6.99. The highest BCUT2D eigenvalue weighted by molar-refractivity contribution is 7.99. The van der Waals surface area contributed by atoms with Crippen LogP contribution in [0.25, 0.3) is 11.3 Å². The van der Waals surface area contributed by atoms with Crippen LogP contribution >= 0.6 is 23.4 Å². The van der Waals surface area contributed by atoms with E-state index in [1.807, 2.05) is 6.07 Å². The molecule has 38 heavy (non-hydrogen) atoms. The van der Waals surface area contributed by atoms with Gasteiger partial charge in [-0.2, -0.15) is 4.98 Å². The Bertz CT molecular complexity index is 1550. The predicted octanol–water partition coefficient (Wildman–Crippen LogP) is 5.63. The van der Waals surface area contributed by atoms with Crippen LogP contribution in [-0.2, 0) is 12.8 Å². The van der Waals surface area contributed by atoms with E-state index in [1.165, 1.54) is 36.7 Å². The van der Waals surface area contributed by atoms with Gasteiger partial charge in [0.2, 0.25) is 5.95 Å². The highest BCUT2D eigenvalue weighted by Crippen LogP contribution is 2.51. The second-order valence-corrected chi connectivity index (χ2v) is 12.2. The van der Waals surface area contributed by atoms with Crippen molar-refractivity contribution in [3.05, 3.63) is 64.1 Å². The van der Waals surface area contributed by atoms with Gasteiger partial charge in [0.05, 0.1) is 16.9 Å². The Morgan fingerprint density at radius 1 is 1.13 bits per heavy atom. The number of anilines is 1. The number of imidazole rings is 1. The lowest BCUT2D eigenvalue weighted by molar-refractivity contribution is 0.187. The fourth-order valence-electron chi connectivity index (χ4n) is 5.88. The Labute approximate surface area is 227 Å². The van der Waals surface area contributed by atoms with Crippen LogP contribution in [0.1, 0.15) is 48.5 Å². The molecule has 2 fully saturated rings. The number of nitrogens with zero attached hydrogens (tertiary/aromatic N) is 5. The summed E-state index contributed by atoms with van der Waals surface area (Å²) in [6.07, 6.45) is 9.20. The zero-order chi connectivity index (χ0) is 26.0. The number of pyridine rings is 1. The number of hydrogen-bond donors (Lipinski definition) is 2. The Balaban J connectivity index is 1.06. The number of piperidine rings is 1. The summed E-state index contributed by atoms with van der Waals surface area (Å²) in [5.41, 5.74) is 10.0. The standard InChI is InChI=1S/C27H26ClF2N7S/c28-22-19(9-14-1-2-14)32-6-3-20(22)38-21-13-33-24-25(34-21)36-26(35-24)37-7-4-27(5-8-37)12-15-10-17(29)18(30)11-16(15)23(27)31/h3,6,10-11,13-14,23H,1-2,4-5,7-9,12,31H2,(H,33,34,35,36)/t23-/m1/s1. The molecule has 11 heteroatoms. The molecule has 4 heterocycles. The molecule has 196 valence electrons. The maximum Gasteiger partial charge on any atom is 0.206 e. The van der Waals surface area contributed by atoms with Crippen molar-refractivity contribution in [2.75, 3.05) is 18.0 Å². The quantitative estimate of drug-likeness (QED) is 0.331. The lowest BCUT2D eigenvalue weighted by Crippen LogP contribution is -2.44. The van der Waals surface area contributed by atoms with Gasteiger partial charge in [-0.1, -0.05) is 23.4 Å². The zero-order valence-electron chi connectivity index (χ0n) is 20.6. The van der Waals surface area contributed by atoms with Gasteiger partial charge in [0, 0.05) is 30.2 Å². The van der Waals surface area contributed by atoms with Crippen molar-refractivity contribution in [1.29, 1.82) is 0 Å². The Kier molecular flexibility index (Phi) is 5.83. The van der Waals surface area contributed by atoms with Crippen molar-refractivity contribution >= 4 is 40.6 Å². The molecule has 7 nitrogen and oxygen atoms in total. The maximum atomic E-state index is 13.8. The van der Waals surface area contributed by atoms with E-state index >= 15 is 0 Å². The average molecular weight is 554 g/mol. The number of halogens is 3. The number of hydrogen-bond acceptors (Lipinski definition) is 7. The number of aromatic nitrogens is 5. The molecular formula is C27H26ClF2N7S. The van der Waals surface area contributed by atoms with Gasteiger partial charge in [0.25, 0.3) is 0 Å². The molecule has 2 aliphatic carbocycles. The fraction of sp³-hybridized carbons (Fsp3) is 0.407. The van der Waals surface area contributed by atoms with Crippen LogP contribution in [0.15, 0.2) is 40.5 Å². The van der Waals surface area contributed by atoms with Gasteiger partial charge in [-0.05, 0) is 79.2 Å². The molecule has 0 radical (unpaired) electrons. The third-order valence-electron chi connectivity index (χ3n) is 8.27. The minimum absolute atomic E-state index is 0.201. The van der Waals surface area contributed by atoms with Crippen LogP contribution in [0.3, 0.4) is 0 Å². The lowest BCUT2D eigenvalue weighted by Gasteiger charge is -2.42. The molecule has 1 aliphatic heterocycles. The van der Waals surface area contributed by atoms with Gasteiger partial charge >= 0.3 is 0 Å². The summed E-state index contributed by atoms with van der Waals surface area (Å²) in [4.78, 5) is 24.8. The smallest absolute Gasteiger partial charge is 0.206 e. The molecule has 3 N–H and O–H groups in total. The average Bonchev–Trinajstić information content (AvgIpc) is 3.57. The van der Waals surface area contributed by atoms with E-state index in [9.17, 15) is 8.78 Å². The summed E-state index contributed by atoms with van der Waals surface area (Å²) < 4.78 is 27.7. The molecule has 0 amide bonds. The van der Waals surface area contributed by atoms with E-state index < -0.39 is 11.6 Å². The first kappa shape index (κ1) is 24.2. The first-order valence-electron chi connectivity index (χ1n) is 12.9. The first-order valence-corrected chi connectivity index (χ1v) is 14.1. The molecular weight excluding hydrogens is 528 g/mol. The van der Waals surface area contributed by atoms with Gasteiger partial charge in [-0.3, -0.25) is 4.98 Å². The zero-order valence-corrected chi connectivity index (χ0v) is 22.1. The van der Waals surface area contributed by atoms with Gasteiger partial charge in [0.1, 0.15) is 5.03 Å². The predicted molar refractivity (Wildman–Crippen MR) is 142 cm³/mol. The molecule has 4 aromatic rings. The van der Waals surface area contributed by atoms with Crippen LogP contribution < -0.4 is 10.6 Å². The van der Waals surface area contributed by atoms with E-state index in [1.54, 1.807) is 12.4 Å². The number of aromatic amines is 1. The van der Waals surface area contributed by atoms with Crippen LogP contribution in [-0.4, -0.2) is 38.0 Å². The van der Waals surface area contributed by atoms with Crippen molar-refractivity contribution in [2.24, 2.45) is 17.1 Å². The minimum Gasteiger partial charge on any atom is -0.342 e. The Morgan fingerprint density at radius 3 is 2.71 bits per heavy atom. The number of nitrogens with two attached hydrogens (primary N) is 1. The van der Waals surface area contributed by atoms with Crippen molar-refractivity contribution in [1.82, 2.24) is 24.9 Å². The monoisotopic (exact) mass is 553 g/mol. The van der Waals surface area contributed by atoms with E-state index in [2.05, 4.69) is 24.8 Å². The summed E-state index contributed by atoms with van der Waals surface area (Å²) >= 11 is 8.13. The molecule has 1 aromatic carbocycles. The number of rotatable bonds is 5. The van der Waals surface area contributed by atoms with E-state index in [0.29, 0.717) is 34.6 Å². The second kappa shape index (κ2) is 9.14. The van der Waals surface area contributed by atoms with E-state index in [-0.39, 0.29) is 11.5 Å². The Hall–Kier alpha value is -2.82. The summed E-state index contributed by atoms with van der Waals surface area (Å²) in [7, 11) is 0. The van der Waals surface area contributed by atoms with Crippen LogP contribution in [0.2, 0.25) is 5.02 Å². The normalized spacial score (nSPS) is 20.4. The molecule has 1 atom stereocenters. The number of fused-ring (bicyclic) bond motifs is 2. The number of nitrogens with one attached hydrogen (secondary N) is 1. The second-order valence-electron chi connectivity index (χ2n) is 10.7. The number of H-pyrrole nitrogens is 1. The largest absolute Gasteiger partial charge is 0.342 e. The van der Waals surface area contributed by atoms with Crippen LogP contribution in [0, 0.1) is 23.0 Å². The molecule has 7 rings (SSSR count). The summed E-state index contributed by atoms with van der Waals surface area (Å²) in [6.45, 7) is 1.45.